The van der Waals surface area contributed by atoms with Gasteiger partial charge in [-0.25, -0.2) is 4.68 Å². The molecule has 28 heavy (non-hydrogen) atoms. The number of hydrogen-bond acceptors (Lipinski definition) is 5. The molecule has 1 fully saturated rings. The van der Waals surface area contributed by atoms with Gasteiger partial charge in [0, 0.05) is 18.7 Å². The van der Waals surface area contributed by atoms with Crippen LogP contribution in [0.25, 0.3) is 5.69 Å². The molecule has 1 aliphatic carbocycles. The lowest BCUT2D eigenvalue weighted by atomic mass is 10.1. The first-order valence-electron chi connectivity index (χ1n) is 9.41. The average molecular weight is 406 g/mol. The fourth-order valence-electron chi connectivity index (χ4n) is 2.92. The maximum Gasteiger partial charge on any atom is 0.273 e. The van der Waals surface area contributed by atoms with Crippen LogP contribution in [0.3, 0.4) is 0 Å². The number of ether oxygens (including phenoxy) is 1. The van der Waals surface area contributed by atoms with Crippen LogP contribution in [0.4, 0.5) is 0 Å². The number of halogens is 1. The molecule has 2 aromatic rings. The van der Waals surface area contributed by atoms with Gasteiger partial charge < -0.3 is 15.4 Å². The zero-order valence-corrected chi connectivity index (χ0v) is 17.0. The second kappa shape index (κ2) is 8.60. The number of aromatic nitrogens is 3. The van der Waals surface area contributed by atoms with Gasteiger partial charge in [-0.15, -0.1) is 5.10 Å². The molecule has 9 heteroatoms. The number of carbonyl (C=O) groups excluding carboxylic acids is 2. The number of nitrogens with zero attached hydrogens (tertiary/aromatic N) is 3. The molecule has 0 spiro atoms. The number of amides is 2. The molecule has 0 bridgehead atoms. The monoisotopic (exact) mass is 405 g/mol. The van der Waals surface area contributed by atoms with E-state index in [1.807, 2.05) is 13.8 Å². The zero-order valence-electron chi connectivity index (χ0n) is 16.2. The minimum Gasteiger partial charge on any atom is -0.496 e. The molecule has 0 unspecified atom stereocenters. The SMILES string of the molecule is CCCc1c(C(=O)NC2CC2)nnn1-c1cc(OC)c(C(=O)NCC)cc1Cl. The van der Waals surface area contributed by atoms with E-state index in [1.165, 1.54) is 7.11 Å². The van der Waals surface area contributed by atoms with Crippen molar-refractivity contribution in [1.29, 1.82) is 0 Å². The molecule has 1 aliphatic rings. The van der Waals surface area contributed by atoms with E-state index in [2.05, 4.69) is 20.9 Å². The van der Waals surface area contributed by atoms with Gasteiger partial charge in [-0.1, -0.05) is 30.2 Å². The Morgan fingerprint density at radius 1 is 1.29 bits per heavy atom. The van der Waals surface area contributed by atoms with Gasteiger partial charge in [-0.05, 0) is 32.3 Å². The molecule has 1 aromatic heterocycles. The van der Waals surface area contributed by atoms with E-state index >= 15 is 0 Å². The first-order valence-corrected chi connectivity index (χ1v) is 9.79. The van der Waals surface area contributed by atoms with Crippen molar-refractivity contribution in [2.75, 3.05) is 13.7 Å². The Balaban J connectivity index is 2.03. The summed E-state index contributed by atoms with van der Waals surface area (Å²) in [6.07, 6.45) is 3.40. The maximum atomic E-state index is 12.5. The van der Waals surface area contributed by atoms with E-state index in [0.717, 1.165) is 19.3 Å². The normalized spacial score (nSPS) is 13.3. The summed E-state index contributed by atoms with van der Waals surface area (Å²) in [6, 6.07) is 3.41. The van der Waals surface area contributed by atoms with E-state index in [4.69, 9.17) is 16.3 Å². The first kappa shape index (κ1) is 20.1. The highest BCUT2D eigenvalue weighted by atomic mass is 35.5. The number of methoxy groups -OCH3 is 1. The first-order chi connectivity index (χ1) is 13.5. The second-order valence-electron chi connectivity index (χ2n) is 6.66. The van der Waals surface area contributed by atoms with Crippen molar-refractivity contribution in [3.63, 3.8) is 0 Å². The molecule has 2 amide bonds. The lowest BCUT2D eigenvalue weighted by Gasteiger charge is -2.14. The van der Waals surface area contributed by atoms with Crippen molar-refractivity contribution < 1.29 is 14.3 Å². The third kappa shape index (κ3) is 4.11. The van der Waals surface area contributed by atoms with Crippen LogP contribution < -0.4 is 15.4 Å². The molecular formula is C19H24ClN5O3. The Morgan fingerprint density at radius 2 is 2.04 bits per heavy atom. The third-order valence-electron chi connectivity index (χ3n) is 4.46. The smallest absolute Gasteiger partial charge is 0.273 e. The molecule has 1 saturated carbocycles. The van der Waals surface area contributed by atoms with E-state index in [-0.39, 0.29) is 17.9 Å². The van der Waals surface area contributed by atoms with Gasteiger partial charge in [0.1, 0.15) is 5.75 Å². The van der Waals surface area contributed by atoms with Crippen molar-refractivity contribution in [2.24, 2.45) is 0 Å². The second-order valence-corrected chi connectivity index (χ2v) is 7.06. The molecule has 1 heterocycles. The number of nitrogens with one attached hydrogen (secondary N) is 2. The fraction of sp³-hybridized carbons (Fsp3) is 0.474. The molecule has 1 aromatic carbocycles. The summed E-state index contributed by atoms with van der Waals surface area (Å²) in [6.45, 7) is 4.34. The fourth-order valence-corrected chi connectivity index (χ4v) is 3.16. The highest BCUT2D eigenvalue weighted by molar-refractivity contribution is 6.33. The Morgan fingerprint density at radius 3 is 2.64 bits per heavy atom. The predicted molar refractivity (Wildman–Crippen MR) is 105 cm³/mol. The van der Waals surface area contributed by atoms with Crippen LogP contribution in [0.1, 0.15) is 59.7 Å². The Kier molecular flexibility index (Phi) is 6.18. The minimum absolute atomic E-state index is 0.223. The molecule has 0 saturated heterocycles. The third-order valence-corrected chi connectivity index (χ3v) is 4.76. The summed E-state index contributed by atoms with van der Waals surface area (Å²) >= 11 is 6.47. The summed E-state index contributed by atoms with van der Waals surface area (Å²) in [5, 5.41) is 14.3. The van der Waals surface area contributed by atoms with Crippen molar-refractivity contribution in [1.82, 2.24) is 25.6 Å². The van der Waals surface area contributed by atoms with Crippen LogP contribution in [0.15, 0.2) is 12.1 Å². The van der Waals surface area contributed by atoms with Gasteiger partial charge >= 0.3 is 0 Å². The number of benzene rings is 1. The number of hydrogen-bond donors (Lipinski definition) is 2. The Bertz CT molecular complexity index is 892. The average Bonchev–Trinajstić information content (AvgIpc) is 3.39. The van der Waals surface area contributed by atoms with Crippen LogP contribution in [0.2, 0.25) is 5.02 Å². The molecule has 8 nitrogen and oxygen atoms in total. The summed E-state index contributed by atoms with van der Waals surface area (Å²) in [5.74, 6) is -0.129. The Hall–Kier alpha value is -2.61. The lowest BCUT2D eigenvalue weighted by Crippen LogP contribution is -2.27. The van der Waals surface area contributed by atoms with Crippen molar-refractivity contribution in [3.8, 4) is 11.4 Å². The van der Waals surface area contributed by atoms with E-state index in [1.54, 1.807) is 16.8 Å². The molecular weight excluding hydrogens is 382 g/mol. The van der Waals surface area contributed by atoms with Crippen LogP contribution in [0.5, 0.6) is 5.75 Å². The van der Waals surface area contributed by atoms with Crippen molar-refractivity contribution in [3.05, 3.63) is 34.1 Å². The van der Waals surface area contributed by atoms with Gasteiger partial charge in [-0.3, -0.25) is 9.59 Å². The zero-order chi connectivity index (χ0) is 20.3. The van der Waals surface area contributed by atoms with Crippen molar-refractivity contribution in [2.45, 2.75) is 45.6 Å². The molecule has 0 aliphatic heterocycles. The maximum absolute atomic E-state index is 12.5. The van der Waals surface area contributed by atoms with E-state index < -0.39 is 0 Å². The van der Waals surface area contributed by atoms with Gasteiger partial charge in [0.2, 0.25) is 0 Å². The molecule has 3 rings (SSSR count). The van der Waals surface area contributed by atoms with Gasteiger partial charge in [-0.2, -0.15) is 0 Å². The van der Waals surface area contributed by atoms with Gasteiger partial charge in [0.15, 0.2) is 5.69 Å². The molecule has 0 atom stereocenters. The quantitative estimate of drug-likeness (QED) is 0.703. The highest BCUT2D eigenvalue weighted by Gasteiger charge is 2.28. The predicted octanol–water partition coefficient (Wildman–Crippen LogP) is 2.52. The summed E-state index contributed by atoms with van der Waals surface area (Å²) in [5.41, 5.74) is 1.82. The van der Waals surface area contributed by atoms with Crippen LogP contribution in [0, 0.1) is 0 Å². The lowest BCUT2D eigenvalue weighted by molar-refractivity contribution is 0.0939. The topological polar surface area (TPSA) is 98.1 Å². The Labute approximate surface area is 168 Å². The number of rotatable bonds is 8. The summed E-state index contributed by atoms with van der Waals surface area (Å²) in [7, 11) is 1.48. The van der Waals surface area contributed by atoms with E-state index in [9.17, 15) is 9.59 Å². The van der Waals surface area contributed by atoms with Gasteiger partial charge in [0.05, 0.1) is 29.1 Å². The minimum atomic E-state index is -0.273. The highest BCUT2D eigenvalue weighted by Crippen LogP contribution is 2.31. The molecule has 150 valence electrons. The van der Waals surface area contributed by atoms with E-state index in [0.29, 0.717) is 46.4 Å². The summed E-state index contributed by atoms with van der Waals surface area (Å²) < 4.78 is 6.94. The van der Waals surface area contributed by atoms with Crippen molar-refractivity contribution >= 4 is 23.4 Å². The van der Waals surface area contributed by atoms with Crippen LogP contribution in [-0.4, -0.2) is 46.5 Å². The van der Waals surface area contributed by atoms with Crippen LogP contribution >= 0.6 is 11.6 Å². The standard InChI is InChI=1S/C19H24ClN5O3/c1-4-6-14-17(19(27)22-11-7-8-11)23-24-25(14)15-10-16(28-3)12(9-13(15)20)18(26)21-5-2/h9-11H,4-8H2,1-3H3,(H,21,26)(H,22,27). The molecule has 2 N–H and O–H groups in total. The molecule has 0 radical (unpaired) electrons. The number of carbonyl (C=O) groups is 2. The summed E-state index contributed by atoms with van der Waals surface area (Å²) in [4.78, 5) is 24.8. The van der Waals surface area contributed by atoms with Gasteiger partial charge in [0.25, 0.3) is 11.8 Å². The van der Waals surface area contributed by atoms with Crippen LogP contribution in [-0.2, 0) is 6.42 Å². The largest absolute Gasteiger partial charge is 0.496 e.